The van der Waals surface area contributed by atoms with Gasteiger partial charge in [-0.15, -0.1) is 0 Å². The smallest absolute Gasteiger partial charge is 0.407 e. The van der Waals surface area contributed by atoms with Crippen LogP contribution in [0.2, 0.25) is 0 Å². The van der Waals surface area contributed by atoms with Crippen LogP contribution in [0.15, 0.2) is 0 Å². The maximum Gasteiger partial charge on any atom is 0.407 e. The Balaban J connectivity index is 3.11. The first-order chi connectivity index (χ1) is 9.61. The highest BCUT2D eigenvalue weighted by atomic mass is 19.1. The Kier molecular flexibility index (Phi) is 4.58. The number of carboxylic acids is 1. The van der Waals surface area contributed by atoms with Crippen LogP contribution in [0.25, 0.3) is 0 Å². The van der Waals surface area contributed by atoms with Crippen molar-refractivity contribution in [2.45, 2.75) is 78.6 Å². The van der Waals surface area contributed by atoms with Gasteiger partial charge in [0.2, 0.25) is 5.67 Å². The van der Waals surface area contributed by atoms with Gasteiger partial charge in [0.25, 0.3) is 0 Å². The maximum absolute atomic E-state index is 15.4. The molecule has 0 aromatic rings. The molecule has 1 rings (SSSR count). The molecule has 0 heterocycles. The van der Waals surface area contributed by atoms with Crippen molar-refractivity contribution in [1.82, 2.24) is 5.32 Å². The zero-order valence-electron chi connectivity index (χ0n) is 14.5. The van der Waals surface area contributed by atoms with E-state index in [4.69, 9.17) is 4.74 Å². The Morgan fingerprint density at radius 2 is 1.73 bits per heavy atom. The topological polar surface area (TPSA) is 75.6 Å². The highest BCUT2D eigenvalue weighted by Gasteiger charge is 2.63. The third-order valence-corrected chi connectivity index (χ3v) is 4.14. The van der Waals surface area contributed by atoms with Crippen molar-refractivity contribution in [3.8, 4) is 0 Å². The van der Waals surface area contributed by atoms with Gasteiger partial charge in [0.15, 0.2) is 0 Å². The van der Waals surface area contributed by atoms with Crippen LogP contribution >= 0.6 is 0 Å². The molecule has 0 radical (unpaired) electrons. The van der Waals surface area contributed by atoms with E-state index < -0.39 is 34.8 Å². The van der Waals surface area contributed by atoms with Gasteiger partial charge in [0.1, 0.15) is 5.60 Å². The Morgan fingerprint density at radius 3 is 2.14 bits per heavy atom. The summed E-state index contributed by atoms with van der Waals surface area (Å²) in [5.74, 6) is -1.55. The van der Waals surface area contributed by atoms with Crippen molar-refractivity contribution >= 4 is 12.1 Å². The first-order valence-electron chi connectivity index (χ1n) is 7.53. The zero-order chi connectivity index (χ0) is 17.6. The number of hydrogen-bond acceptors (Lipinski definition) is 3. The highest BCUT2D eigenvalue weighted by Crippen LogP contribution is 2.53. The summed E-state index contributed by atoms with van der Waals surface area (Å²) in [5, 5.41) is 11.9. The normalized spacial score (nSPS) is 30.5. The van der Waals surface area contributed by atoms with Crippen LogP contribution in [-0.2, 0) is 9.53 Å². The van der Waals surface area contributed by atoms with E-state index in [-0.39, 0.29) is 11.8 Å². The molecule has 0 bridgehead atoms. The van der Waals surface area contributed by atoms with Gasteiger partial charge >= 0.3 is 12.1 Å². The minimum absolute atomic E-state index is 0.235. The first kappa shape index (κ1) is 18.7. The molecule has 0 aromatic heterocycles. The summed E-state index contributed by atoms with van der Waals surface area (Å²) in [7, 11) is 0. The number of hydrogen-bond donors (Lipinski definition) is 2. The van der Waals surface area contributed by atoms with E-state index in [9.17, 15) is 14.7 Å². The number of carboxylic acid groups (broad SMARTS) is 1. The third kappa shape index (κ3) is 3.70. The number of aliphatic carboxylic acids is 1. The van der Waals surface area contributed by atoms with Gasteiger partial charge in [-0.3, -0.25) is 0 Å². The molecule has 0 aliphatic heterocycles. The molecule has 6 heteroatoms. The average molecular weight is 317 g/mol. The summed E-state index contributed by atoms with van der Waals surface area (Å²) in [4.78, 5) is 23.6. The number of carbonyl (C=O) groups excluding carboxylic acids is 1. The fourth-order valence-electron chi connectivity index (χ4n) is 3.60. The SMILES string of the molecule is CC1(C)CC(NC(=O)OC(C)(C)C)C(F)(C(=O)O)C(C)(C)C1. The van der Waals surface area contributed by atoms with Crippen molar-refractivity contribution in [3.63, 3.8) is 0 Å². The second-order valence-electron chi connectivity index (χ2n) is 8.64. The van der Waals surface area contributed by atoms with Crippen LogP contribution in [0, 0.1) is 10.8 Å². The summed E-state index contributed by atoms with van der Waals surface area (Å²) >= 11 is 0. The van der Waals surface area contributed by atoms with Crippen LogP contribution in [0.5, 0.6) is 0 Å². The van der Waals surface area contributed by atoms with Crippen molar-refractivity contribution < 1.29 is 23.8 Å². The minimum atomic E-state index is -2.54. The van der Waals surface area contributed by atoms with Crippen molar-refractivity contribution in [1.29, 1.82) is 0 Å². The van der Waals surface area contributed by atoms with Crippen LogP contribution < -0.4 is 5.32 Å². The van der Waals surface area contributed by atoms with Gasteiger partial charge in [0.05, 0.1) is 6.04 Å². The number of rotatable bonds is 2. The monoisotopic (exact) mass is 317 g/mol. The molecule has 1 aliphatic carbocycles. The van der Waals surface area contributed by atoms with Crippen LogP contribution in [0.4, 0.5) is 9.18 Å². The molecule has 5 nitrogen and oxygen atoms in total. The number of nitrogens with one attached hydrogen (secondary N) is 1. The predicted molar refractivity (Wildman–Crippen MR) is 81.4 cm³/mol. The molecule has 2 N–H and O–H groups in total. The number of alkyl carbamates (subject to hydrolysis) is 1. The second-order valence-corrected chi connectivity index (χ2v) is 8.64. The largest absolute Gasteiger partial charge is 0.479 e. The number of alkyl halides is 1. The molecule has 0 aromatic carbocycles. The Bertz CT molecular complexity index is 467. The van der Waals surface area contributed by atoms with Crippen LogP contribution in [-0.4, -0.2) is 34.5 Å². The van der Waals surface area contributed by atoms with Crippen molar-refractivity contribution in [2.75, 3.05) is 0 Å². The summed E-state index contributed by atoms with van der Waals surface area (Å²) in [5.41, 5.74) is -4.67. The molecule has 22 heavy (non-hydrogen) atoms. The lowest BCUT2D eigenvalue weighted by Gasteiger charge is -2.52. The standard InChI is InChI=1S/C16H28FNO4/c1-13(2,3)22-12(21)18-10-8-14(4,5)9-15(6,7)16(10,17)11(19)20/h10H,8-9H2,1-7H3,(H,18,21)(H,19,20). The number of halogens is 1. The Hall–Kier alpha value is -1.33. The van der Waals surface area contributed by atoms with E-state index in [0.717, 1.165) is 0 Å². The van der Waals surface area contributed by atoms with Gasteiger partial charge in [-0.1, -0.05) is 27.7 Å². The van der Waals surface area contributed by atoms with Gasteiger partial charge in [-0.05, 0) is 39.0 Å². The van der Waals surface area contributed by atoms with Gasteiger partial charge in [0, 0.05) is 5.41 Å². The molecular weight excluding hydrogens is 289 g/mol. The predicted octanol–water partition coefficient (Wildman–Crippen LogP) is 3.52. The summed E-state index contributed by atoms with van der Waals surface area (Å²) in [6.07, 6.45) is -0.150. The highest BCUT2D eigenvalue weighted by molar-refractivity contribution is 5.81. The molecule has 2 atom stereocenters. The van der Waals surface area contributed by atoms with Gasteiger partial charge in [-0.2, -0.15) is 0 Å². The number of carbonyl (C=O) groups is 2. The quantitative estimate of drug-likeness (QED) is 0.817. The van der Waals surface area contributed by atoms with Gasteiger partial charge < -0.3 is 15.2 Å². The third-order valence-electron chi connectivity index (χ3n) is 4.14. The van der Waals surface area contributed by atoms with Crippen LogP contribution in [0.1, 0.15) is 61.3 Å². The number of amides is 1. The molecule has 1 saturated carbocycles. The van der Waals surface area contributed by atoms with Gasteiger partial charge in [-0.25, -0.2) is 14.0 Å². The second kappa shape index (κ2) is 5.39. The summed E-state index contributed by atoms with van der Waals surface area (Å²) in [6, 6.07) is -1.14. The van der Waals surface area contributed by atoms with E-state index in [1.807, 2.05) is 13.8 Å². The average Bonchev–Trinajstić information content (AvgIpc) is 2.19. The summed E-state index contributed by atoms with van der Waals surface area (Å²) in [6.45, 7) is 12.2. The molecule has 0 spiro atoms. The zero-order valence-corrected chi connectivity index (χ0v) is 14.5. The van der Waals surface area contributed by atoms with E-state index in [0.29, 0.717) is 6.42 Å². The molecule has 1 fully saturated rings. The maximum atomic E-state index is 15.4. The lowest BCUT2D eigenvalue weighted by molar-refractivity contribution is -0.173. The Morgan fingerprint density at radius 1 is 1.23 bits per heavy atom. The molecule has 0 saturated heterocycles. The van der Waals surface area contributed by atoms with Crippen LogP contribution in [0.3, 0.4) is 0 Å². The fourth-order valence-corrected chi connectivity index (χ4v) is 3.60. The van der Waals surface area contributed by atoms with E-state index in [1.165, 1.54) is 0 Å². The van der Waals surface area contributed by atoms with E-state index in [2.05, 4.69) is 5.32 Å². The van der Waals surface area contributed by atoms with Crippen molar-refractivity contribution in [2.24, 2.45) is 10.8 Å². The lowest BCUT2D eigenvalue weighted by Crippen LogP contribution is -2.66. The lowest BCUT2D eigenvalue weighted by atomic mass is 9.56. The summed E-state index contributed by atoms with van der Waals surface area (Å²) < 4.78 is 20.5. The van der Waals surface area contributed by atoms with E-state index in [1.54, 1.807) is 34.6 Å². The Labute approximate surface area is 131 Å². The van der Waals surface area contributed by atoms with E-state index >= 15 is 4.39 Å². The first-order valence-corrected chi connectivity index (χ1v) is 7.53. The molecular formula is C16H28FNO4. The molecule has 128 valence electrons. The number of ether oxygens (including phenoxy) is 1. The molecule has 1 amide bonds. The molecule has 2 unspecified atom stereocenters. The molecule has 1 aliphatic rings. The fraction of sp³-hybridized carbons (Fsp3) is 0.875. The van der Waals surface area contributed by atoms with Crippen molar-refractivity contribution in [3.05, 3.63) is 0 Å². The minimum Gasteiger partial charge on any atom is -0.479 e.